The Morgan fingerprint density at radius 3 is 2.32 bits per heavy atom. The van der Waals surface area contributed by atoms with E-state index in [2.05, 4.69) is 56.0 Å². The largest absolute Gasteiger partial charge is 0.748 e. The predicted octanol–water partition coefficient (Wildman–Crippen LogP) is 11.7. The highest BCUT2D eigenvalue weighted by Crippen LogP contribution is 2.48. The zero-order valence-electron chi connectivity index (χ0n) is 26.1. The summed E-state index contributed by atoms with van der Waals surface area (Å²) in [5.74, 6) is 8.63. The summed E-state index contributed by atoms with van der Waals surface area (Å²) in [7, 11) is -0.955. The van der Waals surface area contributed by atoms with E-state index >= 15 is 0 Å². The van der Waals surface area contributed by atoms with E-state index in [0.717, 1.165) is 62.9 Å². The van der Waals surface area contributed by atoms with E-state index in [1.165, 1.54) is 67.6 Å². The van der Waals surface area contributed by atoms with Crippen molar-refractivity contribution >= 4 is 47.6 Å². The van der Waals surface area contributed by atoms with Crippen LogP contribution in [0.4, 0.5) is 0 Å². The highest BCUT2D eigenvalue weighted by Gasteiger charge is 2.24. The van der Waals surface area contributed by atoms with Crippen LogP contribution in [0.2, 0.25) is 0 Å². The van der Waals surface area contributed by atoms with Crippen molar-refractivity contribution in [3.05, 3.63) is 48.0 Å². The summed E-state index contributed by atoms with van der Waals surface area (Å²) < 4.78 is 28.5. The molecule has 236 valence electrons. The summed E-state index contributed by atoms with van der Waals surface area (Å²) in [6.45, 7) is 5.14. The lowest BCUT2D eigenvalue weighted by Crippen LogP contribution is -2.01. The van der Waals surface area contributed by atoms with Crippen LogP contribution in [0.15, 0.2) is 42.5 Å². The molecule has 0 aliphatic carbocycles. The smallest absolute Gasteiger partial charge is 0.496 e. The summed E-state index contributed by atoms with van der Waals surface area (Å²) in [6, 6.07) is 12.1. The van der Waals surface area contributed by atoms with Gasteiger partial charge in [0.1, 0.15) is 11.5 Å². The Morgan fingerprint density at radius 2 is 1.55 bits per heavy atom. The number of thiophene rings is 2. The predicted molar refractivity (Wildman–Crippen MR) is 189 cm³/mol. The molecular formula is C35H44O5PS3+. The van der Waals surface area contributed by atoms with Gasteiger partial charge in [-0.05, 0) is 55.7 Å². The standard InChI is InChI=1S/C35H43O5PS3/c1-4-6-8-10-11-12-13-14-16-26-17-18-31(42-26)27-25-30(39-23-15-9-7-5-2)28(24-29(27)38-3)32-19-20-33(43-32)34-21-22-35(44-34)40-41(36)37/h18-22,24-26H,4-13,15,17,23H2,1-3H3/p+1. The molecule has 0 spiro atoms. The maximum atomic E-state index is 11.1. The Balaban J connectivity index is 1.51. The zero-order valence-corrected chi connectivity index (χ0v) is 29.4. The van der Waals surface area contributed by atoms with Gasteiger partial charge in [-0.2, -0.15) is 0 Å². The van der Waals surface area contributed by atoms with E-state index in [0.29, 0.717) is 11.7 Å². The summed E-state index contributed by atoms with van der Waals surface area (Å²) >= 11 is 4.84. The third kappa shape index (κ3) is 10.4. The number of rotatable bonds is 18. The summed E-state index contributed by atoms with van der Waals surface area (Å²) in [6.07, 6.45) is 16.5. The maximum Gasteiger partial charge on any atom is 0.748 e. The first-order chi connectivity index (χ1) is 21.5. The van der Waals surface area contributed by atoms with Crippen molar-refractivity contribution in [2.24, 2.45) is 0 Å². The van der Waals surface area contributed by atoms with E-state index < -0.39 is 8.25 Å². The lowest BCUT2D eigenvalue weighted by molar-refractivity contribution is 0.305. The van der Waals surface area contributed by atoms with Crippen LogP contribution in [0, 0.1) is 11.8 Å². The fourth-order valence-corrected chi connectivity index (χ4v) is 8.57. The monoisotopic (exact) mass is 671 g/mol. The minimum Gasteiger partial charge on any atom is -0.496 e. The van der Waals surface area contributed by atoms with Gasteiger partial charge in [-0.3, -0.25) is 0 Å². The highest BCUT2D eigenvalue weighted by atomic mass is 32.2. The van der Waals surface area contributed by atoms with E-state index in [1.54, 1.807) is 24.5 Å². The maximum absolute atomic E-state index is 11.1. The van der Waals surface area contributed by atoms with E-state index in [9.17, 15) is 4.57 Å². The van der Waals surface area contributed by atoms with E-state index in [-0.39, 0.29) is 5.25 Å². The Bertz CT molecular complexity index is 1450. The lowest BCUT2D eigenvalue weighted by Gasteiger charge is -2.17. The molecule has 1 aliphatic rings. The molecule has 2 aromatic heterocycles. The molecule has 1 aliphatic heterocycles. The van der Waals surface area contributed by atoms with Gasteiger partial charge in [0.2, 0.25) is 5.06 Å². The summed E-state index contributed by atoms with van der Waals surface area (Å²) in [5, 5.41) is 0.699. The molecule has 0 radical (unpaired) electrons. The van der Waals surface area contributed by atoms with Crippen molar-refractivity contribution in [1.82, 2.24) is 0 Å². The van der Waals surface area contributed by atoms with Gasteiger partial charge in [0.25, 0.3) is 0 Å². The van der Waals surface area contributed by atoms with E-state index in [4.69, 9.17) is 18.9 Å². The minimum absolute atomic E-state index is 0.274. The molecule has 1 aromatic carbocycles. The molecule has 9 heteroatoms. The summed E-state index contributed by atoms with van der Waals surface area (Å²) in [5.41, 5.74) is 2.06. The second-order valence-corrected chi connectivity index (χ2v) is 14.9. The second-order valence-electron chi connectivity index (χ2n) is 10.8. The van der Waals surface area contributed by atoms with Gasteiger partial charge < -0.3 is 9.47 Å². The van der Waals surface area contributed by atoms with Crippen molar-refractivity contribution in [3.63, 3.8) is 0 Å². The highest BCUT2D eigenvalue weighted by molar-refractivity contribution is 8.09. The number of allylic oxidation sites excluding steroid dienone is 1. The topological polar surface area (TPSA) is 65.0 Å². The van der Waals surface area contributed by atoms with Gasteiger partial charge in [0, 0.05) is 41.6 Å². The van der Waals surface area contributed by atoms with Crippen LogP contribution in [0.1, 0.15) is 96.5 Å². The first-order valence-electron chi connectivity index (χ1n) is 15.8. The Kier molecular flexibility index (Phi) is 14.7. The van der Waals surface area contributed by atoms with Crippen LogP contribution >= 0.6 is 42.7 Å². The molecule has 2 atom stereocenters. The zero-order chi connectivity index (χ0) is 31.1. The van der Waals surface area contributed by atoms with Crippen molar-refractivity contribution < 1.29 is 23.5 Å². The lowest BCUT2D eigenvalue weighted by atomic mass is 10.1. The van der Waals surface area contributed by atoms with E-state index in [1.807, 2.05) is 17.8 Å². The number of methoxy groups -OCH3 is 1. The number of thioether (sulfide) groups is 1. The molecule has 2 unspecified atom stereocenters. The van der Waals surface area contributed by atoms with Crippen molar-refractivity contribution in [2.75, 3.05) is 13.7 Å². The molecule has 5 nitrogen and oxygen atoms in total. The van der Waals surface area contributed by atoms with Gasteiger partial charge in [-0.1, -0.05) is 88.5 Å². The Labute approximate surface area is 276 Å². The first-order valence-corrected chi connectivity index (χ1v) is 19.4. The van der Waals surface area contributed by atoms with Crippen LogP contribution in [0.25, 0.3) is 25.1 Å². The second kappa shape index (κ2) is 18.6. The summed E-state index contributed by atoms with van der Waals surface area (Å²) in [4.78, 5) is 13.4. The molecule has 0 fully saturated rings. The quantitative estimate of drug-likeness (QED) is 0.0825. The van der Waals surface area contributed by atoms with Gasteiger partial charge in [0.05, 0.1) is 19.0 Å². The molecule has 0 bridgehead atoms. The molecule has 4 rings (SSSR count). The number of unbranched alkanes of at least 4 members (excludes halogenated alkanes) is 9. The van der Waals surface area contributed by atoms with Crippen LogP contribution < -0.4 is 14.0 Å². The minimum atomic E-state index is -2.68. The van der Waals surface area contributed by atoms with Gasteiger partial charge in [-0.25, -0.2) is 4.52 Å². The van der Waals surface area contributed by atoms with Crippen molar-refractivity contribution in [2.45, 2.75) is 96.1 Å². The number of hydrogen-bond donors (Lipinski definition) is 1. The number of ether oxygens (including phenoxy) is 2. The fourth-order valence-electron chi connectivity index (χ4n) is 5.04. The molecule has 1 N–H and O–H groups in total. The molecule has 3 heterocycles. The van der Waals surface area contributed by atoms with Crippen LogP contribution in [-0.4, -0.2) is 23.9 Å². The molecule has 0 saturated carbocycles. The van der Waals surface area contributed by atoms with Crippen LogP contribution in [0.5, 0.6) is 16.6 Å². The van der Waals surface area contributed by atoms with Crippen LogP contribution in [0.3, 0.4) is 0 Å². The van der Waals surface area contributed by atoms with Crippen molar-refractivity contribution in [1.29, 1.82) is 0 Å². The molecular weight excluding hydrogens is 628 g/mol. The Hall–Kier alpha value is -2.27. The fraction of sp³-hybridized carbons (Fsp3) is 0.486. The average Bonchev–Trinajstić information content (AvgIpc) is 3.79. The first kappa shape index (κ1) is 34.6. The van der Waals surface area contributed by atoms with Gasteiger partial charge >= 0.3 is 8.25 Å². The third-order valence-electron chi connectivity index (χ3n) is 7.39. The van der Waals surface area contributed by atoms with Crippen molar-refractivity contribution in [3.8, 4) is 48.6 Å². The average molecular weight is 672 g/mol. The SMILES string of the molecule is CCCCCCCCC#CC1CC=C(c2cc(OCCCCCC)c(-c3ccc(-c4ccc(O[P+](=O)O)s4)s3)cc2OC)S1. The normalized spacial score (nSPS) is 14.6. The molecule has 3 aromatic rings. The number of benzene rings is 1. The van der Waals surface area contributed by atoms with Gasteiger partial charge in [0.15, 0.2) is 0 Å². The Morgan fingerprint density at radius 1 is 0.864 bits per heavy atom. The molecule has 44 heavy (non-hydrogen) atoms. The number of hydrogen-bond acceptors (Lipinski definition) is 7. The molecule has 0 amide bonds. The van der Waals surface area contributed by atoms with Crippen LogP contribution in [-0.2, 0) is 4.57 Å². The molecule has 0 saturated heterocycles. The van der Waals surface area contributed by atoms with Gasteiger partial charge in [-0.15, -0.1) is 33.9 Å². The third-order valence-corrected chi connectivity index (χ3v) is 11.4.